The standard InChI is InChI=1S/C21H19BrN2O3/c1-13-12-15(21(23)27)4-9-18(13)24-17(8-11-20(25)26)7-10-19(24)14-2-5-16(22)6-3-14/h2-7,9-10,12H,8,11H2,1H3,(H2,23,27)(H,25,26). The minimum absolute atomic E-state index is 0.0439. The molecule has 1 amide bonds. The lowest BCUT2D eigenvalue weighted by Crippen LogP contribution is -2.12. The number of aliphatic carboxylic acids is 1. The summed E-state index contributed by atoms with van der Waals surface area (Å²) < 4.78 is 3.03. The molecule has 3 aromatic rings. The number of carboxylic acid groups (broad SMARTS) is 1. The van der Waals surface area contributed by atoms with Gasteiger partial charge in [-0.05, 0) is 66.9 Å². The number of carbonyl (C=O) groups is 2. The van der Waals surface area contributed by atoms with E-state index in [1.165, 1.54) is 0 Å². The summed E-state index contributed by atoms with van der Waals surface area (Å²) in [7, 11) is 0. The highest BCUT2D eigenvalue weighted by molar-refractivity contribution is 9.10. The summed E-state index contributed by atoms with van der Waals surface area (Å²) in [6.45, 7) is 1.91. The predicted octanol–water partition coefficient (Wildman–Crippen LogP) is 4.33. The second-order valence-corrected chi connectivity index (χ2v) is 7.23. The van der Waals surface area contributed by atoms with E-state index in [9.17, 15) is 9.59 Å². The minimum atomic E-state index is -0.839. The van der Waals surface area contributed by atoms with E-state index >= 15 is 0 Å². The first kappa shape index (κ1) is 18.9. The van der Waals surface area contributed by atoms with Crippen molar-refractivity contribution in [2.45, 2.75) is 19.8 Å². The van der Waals surface area contributed by atoms with E-state index in [4.69, 9.17) is 10.8 Å². The van der Waals surface area contributed by atoms with Gasteiger partial charge in [0.1, 0.15) is 0 Å². The number of primary amides is 1. The monoisotopic (exact) mass is 426 g/mol. The molecule has 27 heavy (non-hydrogen) atoms. The Bertz CT molecular complexity index is 1010. The molecule has 5 nitrogen and oxygen atoms in total. The molecular weight excluding hydrogens is 408 g/mol. The van der Waals surface area contributed by atoms with Crippen molar-refractivity contribution in [3.05, 3.63) is 75.9 Å². The van der Waals surface area contributed by atoms with Gasteiger partial charge in [-0.1, -0.05) is 28.1 Å². The van der Waals surface area contributed by atoms with Gasteiger partial charge in [0, 0.05) is 21.4 Å². The molecule has 3 N–H and O–H groups in total. The Morgan fingerprint density at radius 2 is 1.78 bits per heavy atom. The van der Waals surface area contributed by atoms with E-state index in [0.717, 1.165) is 32.7 Å². The zero-order valence-electron chi connectivity index (χ0n) is 14.8. The Morgan fingerprint density at radius 3 is 2.37 bits per heavy atom. The first-order chi connectivity index (χ1) is 12.9. The van der Waals surface area contributed by atoms with Gasteiger partial charge in [-0.15, -0.1) is 0 Å². The summed E-state index contributed by atoms with van der Waals surface area (Å²) in [5, 5.41) is 9.08. The number of hydrogen-bond donors (Lipinski definition) is 2. The maximum Gasteiger partial charge on any atom is 0.303 e. The Labute approximate surface area is 165 Å². The SMILES string of the molecule is Cc1cc(C(N)=O)ccc1-n1c(CCC(=O)O)ccc1-c1ccc(Br)cc1. The van der Waals surface area contributed by atoms with Gasteiger partial charge in [-0.25, -0.2) is 0 Å². The van der Waals surface area contributed by atoms with Gasteiger partial charge in [-0.2, -0.15) is 0 Å². The normalized spacial score (nSPS) is 10.7. The second kappa shape index (κ2) is 7.80. The first-order valence-corrected chi connectivity index (χ1v) is 9.25. The number of aromatic nitrogens is 1. The van der Waals surface area contributed by atoms with Crippen LogP contribution in [0.2, 0.25) is 0 Å². The van der Waals surface area contributed by atoms with E-state index < -0.39 is 11.9 Å². The molecule has 1 aromatic heterocycles. The third-order valence-corrected chi connectivity index (χ3v) is 4.95. The van der Waals surface area contributed by atoms with Gasteiger partial charge in [0.05, 0.1) is 12.1 Å². The molecule has 138 valence electrons. The summed E-state index contributed by atoms with van der Waals surface area (Å²) >= 11 is 3.44. The molecule has 2 aromatic carbocycles. The van der Waals surface area contributed by atoms with Crippen LogP contribution in [0.15, 0.2) is 59.1 Å². The van der Waals surface area contributed by atoms with Gasteiger partial charge in [0.15, 0.2) is 0 Å². The van der Waals surface area contributed by atoms with Crippen LogP contribution >= 0.6 is 15.9 Å². The Kier molecular flexibility index (Phi) is 5.46. The van der Waals surface area contributed by atoms with E-state index in [2.05, 4.69) is 15.9 Å². The molecule has 0 unspecified atom stereocenters. The van der Waals surface area contributed by atoms with Gasteiger partial charge < -0.3 is 15.4 Å². The molecule has 0 aliphatic heterocycles. The summed E-state index contributed by atoms with van der Waals surface area (Å²) in [5.41, 5.74) is 10.5. The molecule has 6 heteroatoms. The highest BCUT2D eigenvalue weighted by atomic mass is 79.9. The van der Waals surface area contributed by atoms with Gasteiger partial charge in [0.25, 0.3) is 0 Å². The number of carboxylic acids is 1. The number of nitrogens with zero attached hydrogens (tertiary/aromatic N) is 1. The third-order valence-electron chi connectivity index (χ3n) is 4.42. The maximum atomic E-state index is 11.5. The van der Waals surface area contributed by atoms with Crippen molar-refractivity contribution in [2.24, 2.45) is 5.73 Å². The number of halogens is 1. The van der Waals surface area contributed by atoms with Gasteiger partial charge >= 0.3 is 5.97 Å². The summed E-state index contributed by atoms with van der Waals surface area (Å²) in [5.74, 6) is -1.31. The van der Waals surface area contributed by atoms with Crippen molar-refractivity contribution in [2.75, 3.05) is 0 Å². The predicted molar refractivity (Wildman–Crippen MR) is 108 cm³/mol. The van der Waals surface area contributed by atoms with Gasteiger partial charge in [0.2, 0.25) is 5.91 Å². The average Bonchev–Trinajstić information content (AvgIpc) is 3.04. The zero-order chi connectivity index (χ0) is 19.6. The lowest BCUT2D eigenvalue weighted by Gasteiger charge is -2.17. The van der Waals surface area contributed by atoms with E-state index in [1.54, 1.807) is 12.1 Å². The maximum absolute atomic E-state index is 11.5. The van der Waals surface area contributed by atoms with Crippen LogP contribution in [0.4, 0.5) is 0 Å². The molecule has 0 saturated heterocycles. The highest BCUT2D eigenvalue weighted by Gasteiger charge is 2.15. The quantitative estimate of drug-likeness (QED) is 0.614. The van der Waals surface area contributed by atoms with Crippen LogP contribution in [0.5, 0.6) is 0 Å². The van der Waals surface area contributed by atoms with Crippen molar-refractivity contribution in [1.29, 1.82) is 0 Å². The average molecular weight is 427 g/mol. The number of aryl methyl sites for hydroxylation is 2. The Morgan fingerprint density at radius 1 is 1.07 bits per heavy atom. The second-order valence-electron chi connectivity index (χ2n) is 6.31. The molecule has 0 radical (unpaired) electrons. The van der Waals surface area contributed by atoms with Crippen LogP contribution in [-0.4, -0.2) is 21.6 Å². The highest BCUT2D eigenvalue weighted by Crippen LogP contribution is 2.30. The number of nitrogens with two attached hydrogens (primary N) is 1. The summed E-state index contributed by atoms with van der Waals surface area (Å²) in [4.78, 5) is 22.5. The lowest BCUT2D eigenvalue weighted by molar-refractivity contribution is -0.136. The number of hydrogen-bond acceptors (Lipinski definition) is 2. The van der Waals surface area contributed by atoms with Crippen LogP contribution in [-0.2, 0) is 11.2 Å². The Balaban J connectivity index is 2.15. The minimum Gasteiger partial charge on any atom is -0.481 e. The molecule has 0 saturated carbocycles. The fourth-order valence-corrected chi connectivity index (χ4v) is 3.36. The zero-order valence-corrected chi connectivity index (χ0v) is 16.4. The van der Waals surface area contributed by atoms with E-state index in [1.807, 2.05) is 54.0 Å². The molecule has 0 fully saturated rings. The lowest BCUT2D eigenvalue weighted by atomic mass is 10.1. The number of rotatable bonds is 6. The molecule has 3 rings (SSSR count). The molecular formula is C21H19BrN2O3. The molecule has 0 spiro atoms. The molecule has 1 heterocycles. The number of amides is 1. The van der Waals surface area contributed by atoms with E-state index in [-0.39, 0.29) is 6.42 Å². The fraction of sp³-hybridized carbons (Fsp3) is 0.143. The topological polar surface area (TPSA) is 85.3 Å². The number of carbonyl (C=O) groups excluding carboxylic acids is 1. The van der Waals surface area contributed by atoms with Crippen LogP contribution < -0.4 is 5.73 Å². The van der Waals surface area contributed by atoms with E-state index in [0.29, 0.717) is 12.0 Å². The molecule has 0 aliphatic carbocycles. The van der Waals surface area contributed by atoms with Gasteiger partial charge in [-0.3, -0.25) is 9.59 Å². The summed E-state index contributed by atoms with van der Waals surface area (Å²) in [6, 6.07) is 17.2. The third kappa shape index (κ3) is 4.11. The van der Waals surface area contributed by atoms with Crippen molar-refractivity contribution in [3.63, 3.8) is 0 Å². The number of benzene rings is 2. The van der Waals surface area contributed by atoms with Crippen molar-refractivity contribution in [3.8, 4) is 16.9 Å². The van der Waals surface area contributed by atoms with Crippen molar-refractivity contribution in [1.82, 2.24) is 4.57 Å². The van der Waals surface area contributed by atoms with Crippen molar-refractivity contribution >= 4 is 27.8 Å². The molecule has 0 atom stereocenters. The van der Waals surface area contributed by atoms with Crippen LogP contribution in [0.1, 0.15) is 28.0 Å². The molecule has 0 bridgehead atoms. The summed E-state index contributed by atoms with van der Waals surface area (Å²) in [6.07, 6.45) is 0.449. The van der Waals surface area contributed by atoms with Crippen LogP contribution in [0, 0.1) is 6.92 Å². The first-order valence-electron chi connectivity index (χ1n) is 8.46. The fourth-order valence-electron chi connectivity index (χ4n) is 3.10. The van der Waals surface area contributed by atoms with Crippen LogP contribution in [0.25, 0.3) is 16.9 Å². The van der Waals surface area contributed by atoms with Crippen molar-refractivity contribution < 1.29 is 14.7 Å². The Hall–Kier alpha value is -2.86. The largest absolute Gasteiger partial charge is 0.481 e. The van der Waals surface area contributed by atoms with Crippen LogP contribution in [0.3, 0.4) is 0 Å². The smallest absolute Gasteiger partial charge is 0.303 e. The molecule has 0 aliphatic rings.